The number of amides is 2. The van der Waals surface area contributed by atoms with Crippen LogP contribution in [0.5, 0.6) is 0 Å². The Morgan fingerprint density at radius 3 is 2.12 bits per heavy atom. The fraction of sp³-hybridized carbons (Fsp3) is 0.259. The zero-order valence-electron chi connectivity index (χ0n) is 18.6. The summed E-state index contributed by atoms with van der Waals surface area (Å²) in [6.45, 7) is 2.38. The molecule has 0 radical (unpaired) electrons. The maximum absolute atomic E-state index is 13.4. The Kier molecular flexibility index (Phi) is 8.46. The molecule has 4 nitrogen and oxygen atoms in total. The molecule has 3 rings (SSSR count). The first kappa shape index (κ1) is 23.6. The number of hydrogen-bond acceptors (Lipinski definition) is 2. The summed E-state index contributed by atoms with van der Waals surface area (Å²) in [6.07, 6.45) is 1.41. The number of rotatable bonds is 9. The van der Waals surface area contributed by atoms with Crippen LogP contribution in [0.2, 0.25) is 5.02 Å². The summed E-state index contributed by atoms with van der Waals surface area (Å²) in [6, 6.07) is 24.8. The molecule has 32 heavy (non-hydrogen) atoms. The molecule has 0 spiro atoms. The number of likely N-dealkylation sites (N-methyl/N-ethyl adjacent to an activating group) is 1. The van der Waals surface area contributed by atoms with Crippen molar-refractivity contribution in [3.05, 3.63) is 106 Å². The van der Waals surface area contributed by atoms with Crippen LogP contribution in [-0.4, -0.2) is 29.8 Å². The van der Waals surface area contributed by atoms with E-state index in [4.69, 9.17) is 11.6 Å². The van der Waals surface area contributed by atoms with Crippen LogP contribution in [0.15, 0.2) is 78.9 Å². The average molecular weight is 449 g/mol. The number of nitrogens with one attached hydrogen (secondary N) is 1. The van der Waals surface area contributed by atoms with Crippen LogP contribution in [0.1, 0.15) is 28.7 Å². The first-order chi connectivity index (χ1) is 15.5. The highest BCUT2D eigenvalue weighted by Gasteiger charge is 2.29. The van der Waals surface area contributed by atoms with E-state index in [1.807, 2.05) is 73.7 Å². The van der Waals surface area contributed by atoms with Crippen LogP contribution in [-0.2, 0) is 29.0 Å². The number of carbonyl (C=O) groups excluding carboxylic acids is 2. The molecule has 3 aromatic rings. The second-order valence-corrected chi connectivity index (χ2v) is 8.39. The van der Waals surface area contributed by atoms with Crippen molar-refractivity contribution in [2.45, 2.75) is 38.8 Å². The first-order valence-corrected chi connectivity index (χ1v) is 11.2. The molecule has 5 heteroatoms. The monoisotopic (exact) mass is 448 g/mol. The van der Waals surface area contributed by atoms with Gasteiger partial charge in [-0.25, -0.2) is 0 Å². The molecular formula is C27H29ClN2O2. The lowest BCUT2D eigenvalue weighted by molar-refractivity contribution is -0.141. The number of carbonyl (C=O) groups is 2. The standard InChI is InChI=1S/C27H29ClN2O2/c1-20-8-10-21(11-9-20)14-17-26(31)30(19-23-12-15-24(28)16-13-23)25(27(32)29-2)18-22-6-4-3-5-7-22/h3-13,15-16,25H,14,17-19H2,1-2H3,(H,29,32)/t25-/m0/s1. The maximum Gasteiger partial charge on any atom is 0.242 e. The van der Waals surface area contributed by atoms with E-state index in [1.165, 1.54) is 5.56 Å². The van der Waals surface area contributed by atoms with Crippen molar-refractivity contribution in [2.75, 3.05) is 7.05 Å². The van der Waals surface area contributed by atoms with Gasteiger partial charge in [0.15, 0.2) is 0 Å². The molecule has 2 amide bonds. The van der Waals surface area contributed by atoms with Crippen LogP contribution in [0.3, 0.4) is 0 Å². The lowest BCUT2D eigenvalue weighted by Crippen LogP contribution is -2.49. The third-order valence-electron chi connectivity index (χ3n) is 5.53. The molecule has 1 atom stereocenters. The third-order valence-corrected chi connectivity index (χ3v) is 5.78. The lowest BCUT2D eigenvalue weighted by atomic mass is 10.0. The normalized spacial score (nSPS) is 11.6. The highest BCUT2D eigenvalue weighted by atomic mass is 35.5. The number of halogens is 1. The fourth-order valence-corrected chi connectivity index (χ4v) is 3.78. The SMILES string of the molecule is CNC(=O)[C@H](Cc1ccccc1)N(Cc1ccc(Cl)cc1)C(=O)CCc1ccc(C)cc1. The molecule has 0 aliphatic carbocycles. The van der Waals surface area contributed by atoms with E-state index in [0.29, 0.717) is 30.8 Å². The molecule has 0 saturated heterocycles. The Balaban J connectivity index is 1.85. The second kappa shape index (κ2) is 11.5. The van der Waals surface area contributed by atoms with E-state index in [-0.39, 0.29) is 11.8 Å². The quantitative estimate of drug-likeness (QED) is 0.502. The van der Waals surface area contributed by atoms with Gasteiger partial charge >= 0.3 is 0 Å². The zero-order valence-corrected chi connectivity index (χ0v) is 19.3. The number of nitrogens with zero attached hydrogens (tertiary/aromatic N) is 1. The van der Waals surface area contributed by atoms with E-state index >= 15 is 0 Å². The number of aryl methyl sites for hydroxylation is 2. The smallest absolute Gasteiger partial charge is 0.242 e. The minimum atomic E-state index is -0.608. The van der Waals surface area contributed by atoms with Gasteiger partial charge in [0.05, 0.1) is 0 Å². The Bertz CT molecular complexity index is 1020. The van der Waals surface area contributed by atoms with Gasteiger partial charge in [0.1, 0.15) is 6.04 Å². The van der Waals surface area contributed by atoms with Gasteiger partial charge < -0.3 is 10.2 Å². The van der Waals surface area contributed by atoms with Crippen molar-refractivity contribution in [1.29, 1.82) is 0 Å². The van der Waals surface area contributed by atoms with E-state index in [0.717, 1.165) is 16.7 Å². The summed E-state index contributed by atoms with van der Waals surface area (Å²) in [4.78, 5) is 28.0. The van der Waals surface area contributed by atoms with Crippen LogP contribution >= 0.6 is 11.6 Å². The van der Waals surface area contributed by atoms with E-state index in [2.05, 4.69) is 5.32 Å². The zero-order chi connectivity index (χ0) is 22.9. The number of benzene rings is 3. The van der Waals surface area contributed by atoms with Crippen molar-refractivity contribution < 1.29 is 9.59 Å². The van der Waals surface area contributed by atoms with Crippen molar-refractivity contribution >= 4 is 23.4 Å². The largest absolute Gasteiger partial charge is 0.357 e. The molecule has 0 aromatic heterocycles. The fourth-order valence-electron chi connectivity index (χ4n) is 3.66. The molecule has 0 fully saturated rings. The minimum Gasteiger partial charge on any atom is -0.357 e. The molecule has 1 N–H and O–H groups in total. The van der Waals surface area contributed by atoms with E-state index in [1.54, 1.807) is 24.1 Å². The van der Waals surface area contributed by atoms with Gasteiger partial charge in [0.2, 0.25) is 11.8 Å². The highest BCUT2D eigenvalue weighted by molar-refractivity contribution is 6.30. The summed E-state index contributed by atoms with van der Waals surface area (Å²) < 4.78 is 0. The van der Waals surface area contributed by atoms with Gasteiger partial charge in [0.25, 0.3) is 0 Å². The van der Waals surface area contributed by atoms with Crippen LogP contribution in [0.25, 0.3) is 0 Å². The molecule has 0 heterocycles. The summed E-state index contributed by atoms with van der Waals surface area (Å²) in [5.74, 6) is -0.225. The minimum absolute atomic E-state index is 0.0509. The van der Waals surface area contributed by atoms with Gasteiger partial charge in [0, 0.05) is 31.5 Å². The average Bonchev–Trinajstić information content (AvgIpc) is 2.82. The van der Waals surface area contributed by atoms with Gasteiger partial charge in [-0.3, -0.25) is 9.59 Å². The summed E-state index contributed by atoms with van der Waals surface area (Å²) in [5, 5.41) is 3.38. The van der Waals surface area contributed by atoms with Gasteiger partial charge in [-0.15, -0.1) is 0 Å². The Labute approximate surface area is 195 Å². The van der Waals surface area contributed by atoms with Crippen molar-refractivity contribution in [2.24, 2.45) is 0 Å². The Morgan fingerprint density at radius 1 is 0.875 bits per heavy atom. The highest BCUT2D eigenvalue weighted by Crippen LogP contribution is 2.18. The molecule has 0 saturated carbocycles. The van der Waals surface area contributed by atoms with Crippen molar-refractivity contribution in [3.8, 4) is 0 Å². The molecule has 0 unspecified atom stereocenters. The van der Waals surface area contributed by atoms with Gasteiger partial charge in [-0.1, -0.05) is 83.9 Å². The van der Waals surface area contributed by atoms with Crippen LogP contribution < -0.4 is 5.32 Å². The number of hydrogen-bond donors (Lipinski definition) is 1. The predicted molar refractivity (Wildman–Crippen MR) is 130 cm³/mol. The second-order valence-electron chi connectivity index (χ2n) is 7.95. The molecule has 0 aliphatic heterocycles. The molecule has 0 bridgehead atoms. The third kappa shape index (κ3) is 6.69. The van der Waals surface area contributed by atoms with Crippen molar-refractivity contribution in [3.63, 3.8) is 0 Å². The Morgan fingerprint density at radius 2 is 1.50 bits per heavy atom. The van der Waals surface area contributed by atoms with Crippen LogP contribution in [0, 0.1) is 6.92 Å². The lowest BCUT2D eigenvalue weighted by Gasteiger charge is -2.31. The van der Waals surface area contributed by atoms with Crippen molar-refractivity contribution in [1.82, 2.24) is 10.2 Å². The van der Waals surface area contributed by atoms with Gasteiger partial charge in [-0.2, -0.15) is 0 Å². The summed E-state index contributed by atoms with van der Waals surface area (Å²) in [5.41, 5.74) is 4.23. The summed E-state index contributed by atoms with van der Waals surface area (Å²) >= 11 is 6.04. The molecular weight excluding hydrogens is 420 g/mol. The molecule has 3 aromatic carbocycles. The van der Waals surface area contributed by atoms with E-state index < -0.39 is 6.04 Å². The van der Waals surface area contributed by atoms with Crippen LogP contribution in [0.4, 0.5) is 0 Å². The van der Waals surface area contributed by atoms with Gasteiger partial charge in [-0.05, 0) is 42.2 Å². The molecule has 0 aliphatic rings. The predicted octanol–water partition coefficient (Wildman–Crippen LogP) is 4.97. The Hall–Kier alpha value is -3.11. The summed E-state index contributed by atoms with van der Waals surface area (Å²) in [7, 11) is 1.61. The van der Waals surface area contributed by atoms with E-state index in [9.17, 15) is 9.59 Å². The maximum atomic E-state index is 13.4. The first-order valence-electron chi connectivity index (χ1n) is 10.8. The molecule has 166 valence electrons. The topological polar surface area (TPSA) is 49.4 Å².